The molecule has 1 heterocycles. The Bertz CT molecular complexity index is 1720. The van der Waals surface area contributed by atoms with Gasteiger partial charge in [-0.25, -0.2) is 17.6 Å². The molecule has 1 aliphatic heterocycles. The third kappa shape index (κ3) is 4.39. The molecule has 3 saturated carbocycles. The number of piperidine rings is 1. The van der Waals surface area contributed by atoms with E-state index in [0.29, 0.717) is 0 Å². The number of hydrogen-bond acceptors (Lipinski definition) is 1. The predicted molar refractivity (Wildman–Crippen MR) is 107 cm³/mol. The van der Waals surface area contributed by atoms with E-state index in [4.69, 9.17) is 0 Å². The van der Waals surface area contributed by atoms with Crippen molar-refractivity contribution in [1.82, 2.24) is 4.90 Å². The molecule has 0 radical (unpaired) electrons. The van der Waals surface area contributed by atoms with E-state index in [1.165, 1.54) is 0 Å². The highest BCUT2D eigenvalue weighted by atomic mass is 19.4. The van der Waals surface area contributed by atoms with Crippen LogP contribution in [0.3, 0.4) is 0 Å². The monoisotopic (exact) mass is 1060 g/mol. The van der Waals surface area contributed by atoms with Gasteiger partial charge in [0.15, 0.2) is 0 Å². The number of hydrogen-bond donors (Lipinski definition) is 0. The molecule has 380 valence electrons. The van der Waals surface area contributed by atoms with Crippen LogP contribution in [0.15, 0.2) is 0 Å². The van der Waals surface area contributed by atoms with Crippen LogP contribution in [-0.2, 0) is 0 Å². The molecule has 0 amide bonds. The third-order valence-electron chi connectivity index (χ3n) is 9.86. The van der Waals surface area contributed by atoms with Crippen molar-refractivity contribution in [1.29, 1.82) is 0 Å². The van der Waals surface area contributed by atoms with E-state index in [2.05, 4.69) is 0 Å². The number of fused-ring (bicyclic) bond motifs is 1. The zero-order chi connectivity index (χ0) is 52.6. The molecular formula is C22F41N. The van der Waals surface area contributed by atoms with Gasteiger partial charge in [-0.2, -0.15) is 162 Å². The first-order valence-corrected chi connectivity index (χ1v) is 13.9. The average molecular weight is 1060 g/mol. The molecule has 0 spiro atoms. The van der Waals surface area contributed by atoms with E-state index in [9.17, 15) is 180 Å². The minimum Gasteiger partial charge on any atom is -0.226 e. The van der Waals surface area contributed by atoms with E-state index in [-0.39, 0.29) is 0 Å². The molecule has 64 heavy (non-hydrogen) atoms. The summed E-state index contributed by atoms with van der Waals surface area (Å²) in [6.45, 7) is 0. The molecule has 1 saturated heterocycles. The minimum atomic E-state index is -9.29. The van der Waals surface area contributed by atoms with Gasteiger partial charge < -0.3 is 0 Å². The van der Waals surface area contributed by atoms with Gasteiger partial charge in [-0.15, -0.1) is 4.90 Å². The van der Waals surface area contributed by atoms with Crippen LogP contribution < -0.4 is 0 Å². The Morgan fingerprint density at radius 1 is 0.203 bits per heavy atom. The van der Waals surface area contributed by atoms with Crippen LogP contribution in [0.5, 0.6) is 0 Å². The number of alkyl halides is 41. The normalized spacial score (nSPS) is 41.0. The second-order valence-corrected chi connectivity index (χ2v) is 13.1. The highest BCUT2D eigenvalue weighted by Gasteiger charge is 3.16. The first-order chi connectivity index (χ1) is 26.9. The smallest absolute Gasteiger partial charge is 0.226 e. The van der Waals surface area contributed by atoms with Crippen LogP contribution in [0.25, 0.3) is 0 Å². The molecule has 3 aliphatic carbocycles. The summed E-state index contributed by atoms with van der Waals surface area (Å²) >= 11 is 0. The summed E-state index contributed by atoms with van der Waals surface area (Å²) in [4.78, 5) is -5.22. The zero-order valence-electron chi connectivity index (χ0n) is 26.9. The Balaban J connectivity index is 0.000000351. The summed E-state index contributed by atoms with van der Waals surface area (Å²) < 4.78 is 553. The van der Waals surface area contributed by atoms with Gasteiger partial charge in [0.05, 0.1) is 0 Å². The lowest BCUT2D eigenvalue weighted by atomic mass is 9.54. The molecule has 42 heteroatoms. The maximum atomic E-state index is 14.7. The Hall–Kier alpha value is -2.91. The SMILES string of the molecule is FC(F)(F)C1(F)C(F)(F)C(F)(F)C(F)(N2C(F)(F)C(F)(F)C(F)(F)C(F)(F)C2(F)F)C(F)(F)C1(F)F.FC1(F)C(F)(F)C(F)(F)C2(F)C(F)(F)C(F)(F)C(F)(F)C(F)(F)C2(F)C1(F)F. The van der Waals surface area contributed by atoms with Crippen LogP contribution in [-0.4, -0.2) is 135 Å². The fraction of sp³-hybridized carbons (Fsp3) is 1.00. The third-order valence-corrected chi connectivity index (χ3v) is 9.86. The summed E-state index contributed by atoms with van der Waals surface area (Å²) in [5, 5.41) is 0. The Kier molecular flexibility index (Phi) is 10.4. The fourth-order valence-electron chi connectivity index (χ4n) is 6.21. The average Bonchev–Trinajstić information content (AvgIpc) is 3.06. The minimum absolute atomic E-state index is 5.22. The molecule has 0 aromatic carbocycles. The molecule has 0 atom stereocenters. The molecule has 0 aromatic rings. The van der Waals surface area contributed by atoms with Gasteiger partial charge in [0, 0.05) is 0 Å². The van der Waals surface area contributed by atoms with E-state index in [1.807, 2.05) is 0 Å². The van der Waals surface area contributed by atoms with Crippen molar-refractivity contribution in [2.75, 3.05) is 0 Å². The fourth-order valence-corrected chi connectivity index (χ4v) is 6.21. The predicted octanol–water partition coefficient (Wildman–Crippen LogP) is 12.4. The maximum Gasteiger partial charge on any atom is 0.435 e. The molecule has 1 nitrogen and oxygen atoms in total. The Morgan fingerprint density at radius 3 is 0.547 bits per heavy atom. The van der Waals surface area contributed by atoms with Crippen LogP contribution in [0.4, 0.5) is 180 Å². The van der Waals surface area contributed by atoms with Gasteiger partial charge >= 0.3 is 119 Å². The van der Waals surface area contributed by atoms with Crippen molar-refractivity contribution in [3.05, 3.63) is 0 Å². The van der Waals surface area contributed by atoms with Crippen LogP contribution in [0.2, 0.25) is 0 Å². The van der Waals surface area contributed by atoms with E-state index in [1.54, 1.807) is 0 Å². The van der Waals surface area contributed by atoms with E-state index in [0.717, 1.165) is 0 Å². The van der Waals surface area contributed by atoms with Gasteiger partial charge in [-0.05, 0) is 0 Å². The Morgan fingerprint density at radius 2 is 0.375 bits per heavy atom. The molecule has 0 unspecified atom stereocenters. The Labute approximate surface area is 316 Å². The second kappa shape index (κ2) is 12.0. The van der Waals surface area contributed by atoms with Crippen LogP contribution in [0, 0.1) is 0 Å². The highest BCUT2D eigenvalue weighted by molar-refractivity contribution is 5.42. The van der Waals surface area contributed by atoms with E-state index >= 15 is 0 Å². The van der Waals surface area contributed by atoms with E-state index < -0.39 is 135 Å². The van der Waals surface area contributed by atoms with Crippen molar-refractivity contribution < 1.29 is 180 Å². The summed E-state index contributed by atoms with van der Waals surface area (Å²) in [7, 11) is 0. The lowest BCUT2D eigenvalue weighted by Crippen LogP contribution is -2.98. The lowest BCUT2D eigenvalue weighted by Gasteiger charge is -2.63. The number of nitrogens with zero attached hydrogens (tertiary/aromatic N) is 1. The largest absolute Gasteiger partial charge is 0.435 e. The molecule has 4 aliphatic rings. The van der Waals surface area contributed by atoms with Gasteiger partial charge in [0.2, 0.25) is 0 Å². The number of rotatable bonds is 1. The zero-order valence-corrected chi connectivity index (χ0v) is 26.9. The standard InChI is InChI=1S/C12F23N.C10F18/c13-1(10(29,30)31)2(14,15)5(20,21)9(28,6(22,23)3(1,16)17)36-11(32,33)7(24,25)4(18,19)8(26,27)12(36,34)35;11-1-2(12,5(17,18)9(25,26)7(21,22)3(1,13)14)6(19,20)10(27,28)8(23,24)4(1,15)16. The quantitative estimate of drug-likeness (QED) is 0.187. The van der Waals surface area contributed by atoms with Crippen molar-refractivity contribution in [2.45, 2.75) is 130 Å². The van der Waals surface area contributed by atoms with Crippen LogP contribution in [0.1, 0.15) is 0 Å². The van der Waals surface area contributed by atoms with Crippen molar-refractivity contribution in [2.24, 2.45) is 0 Å². The molecule has 4 rings (SSSR count). The van der Waals surface area contributed by atoms with Gasteiger partial charge in [-0.1, -0.05) is 0 Å². The summed E-state index contributed by atoms with van der Waals surface area (Å²) in [5.41, 5.74) is -26.1. The van der Waals surface area contributed by atoms with Crippen LogP contribution >= 0.6 is 0 Å². The number of halogens is 41. The number of likely N-dealkylation sites (tertiary alicyclic amines) is 1. The molecule has 0 N–H and O–H groups in total. The van der Waals surface area contributed by atoms with Gasteiger partial charge in [0.1, 0.15) is 0 Å². The van der Waals surface area contributed by atoms with Gasteiger partial charge in [0.25, 0.3) is 11.3 Å². The molecular weight excluding hydrogens is 1060 g/mol. The lowest BCUT2D eigenvalue weighted by molar-refractivity contribution is -0.580. The summed E-state index contributed by atoms with van der Waals surface area (Å²) in [6, 6.07) is -17.5. The van der Waals surface area contributed by atoms with Crippen molar-refractivity contribution in [3.8, 4) is 0 Å². The van der Waals surface area contributed by atoms with Gasteiger partial charge in [-0.3, -0.25) is 0 Å². The summed E-state index contributed by atoms with van der Waals surface area (Å²) in [6.07, 6.45) is -8.43. The van der Waals surface area contributed by atoms with Crippen molar-refractivity contribution in [3.63, 3.8) is 0 Å². The second-order valence-electron chi connectivity index (χ2n) is 13.1. The first-order valence-electron chi connectivity index (χ1n) is 13.9. The first kappa shape index (κ1) is 55.4. The molecule has 0 bridgehead atoms. The molecule has 0 aromatic heterocycles. The molecule has 4 fully saturated rings. The van der Waals surface area contributed by atoms with Crippen molar-refractivity contribution >= 4 is 0 Å². The topological polar surface area (TPSA) is 3.24 Å². The summed E-state index contributed by atoms with van der Waals surface area (Å²) in [5.74, 6) is -138. The highest BCUT2D eigenvalue weighted by Crippen LogP contribution is 2.82. The maximum absolute atomic E-state index is 14.7.